The van der Waals surface area contributed by atoms with Crippen molar-refractivity contribution < 1.29 is 34.2 Å². The second-order valence-electron chi connectivity index (χ2n) is 14.4. The molecule has 0 aromatic rings. The Balaban J connectivity index is 4.33. The number of rotatable bonds is 34. The number of nitrogens with zero attached hydrogens (tertiary/aromatic N) is 1. The highest BCUT2D eigenvalue weighted by Gasteiger charge is 2.30. The number of unbranched alkanes of at least 4 members (excludes halogenated alkanes) is 18. The first-order chi connectivity index (χ1) is 22.0. The lowest BCUT2D eigenvalue weighted by Crippen LogP contribution is -2.52. The van der Waals surface area contributed by atoms with Gasteiger partial charge in [0.1, 0.15) is 0 Å². The Morgan fingerprint density at radius 2 is 0.848 bits per heavy atom. The number of carboxylic acids is 3. The Kier molecular flexibility index (Phi) is 28.1. The van der Waals surface area contributed by atoms with Gasteiger partial charge in [0, 0.05) is 31.1 Å². The quantitative estimate of drug-likeness (QED) is 0.0407. The van der Waals surface area contributed by atoms with E-state index >= 15 is 0 Å². The van der Waals surface area contributed by atoms with E-state index in [0.717, 1.165) is 32.2 Å². The standard InChI is InChI=1S/C39H73NO6/c1-5-6-7-8-9-10-11-12-13-14-15-16-17-18-19-20-21-22-23-24-25-26-30-40(31-27-34(2)37(41)42,32-28-35(3)38(43)44)33-29-36(4)39(45)46/h19-20,34-36H,5-18,21-33H2,1-4H3,(H2-,41,42,43,44,45,46)/b20-19+. The number of hydrogen-bond donors (Lipinski definition) is 2. The van der Waals surface area contributed by atoms with E-state index in [0.29, 0.717) is 43.4 Å². The molecule has 0 spiro atoms. The molecule has 0 aliphatic carbocycles. The van der Waals surface area contributed by atoms with Gasteiger partial charge in [0.25, 0.3) is 0 Å². The summed E-state index contributed by atoms with van der Waals surface area (Å²) in [5.74, 6) is -4.33. The zero-order chi connectivity index (χ0) is 34.5. The molecule has 46 heavy (non-hydrogen) atoms. The first-order valence-electron chi connectivity index (χ1n) is 19.2. The minimum Gasteiger partial charge on any atom is -0.550 e. The largest absolute Gasteiger partial charge is 0.550 e. The molecule has 270 valence electrons. The van der Waals surface area contributed by atoms with Crippen LogP contribution in [0.2, 0.25) is 0 Å². The second-order valence-corrected chi connectivity index (χ2v) is 14.4. The van der Waals surface area contributed by atoms with Crippen LogP contribution in [0.5, 0.6) is 0 Å². The minimum atomic E-state index is -1.07. The van der Waals surface area contributed by atoms with Crippen LogP contribution in [-0.4, -0.2) is 58.8 Å². The molecule has 0 fully saturated rings. The SMILES string of the molecule is CCCCCCCCCCCCCCC/C=C/CCCCCCC[N+](CCC(C)C(=O)[O-])(CCC(C)C(=O)O)CCC(C)C(=O)O. The van der Waals surface area contributed by atoms with Crippen LogP contribution < -0.4 is 5.11 Å². The molecular weight excluding hydrogens is 578 g/mol. The maximum Gasteiger partial charge on any atom is 0.306 e. The molecule has 0 amide bonds. The van der Waals surface area contributed by atoms with Gasteiger partial charge in [0.2, 0.25) is 0 Å². The monoisotopic (exact) mass is 652 g/mol. The molecule has 0 aromatic heterocycles. The van der Waals surface area contributed by atoms with Gasteiger partial charge in [-0.2, -0.15) is 0 Å². The fourth-order valence-corrected chi connectivity index (χ4v) is 6.19. The third-order valence-corrected chi connectivity index (χ3v) is 10.00. The maximum atomic E-state index is 11.5. The number of carbonyl (C=O) groups is 3. The summed E-state index contributed by atoms with van der Waals surface area (Å²) in [4.78, 5) is 34.4. The lowest BCUT2D eigenvalue weighted by molar-refractivity contribution is -0.929. The minimum absolute atomic E-state index is 0.441. The highest BCUT2D eigenvalue weighted by Crippen LogP contribution is 2.22. The number of carboxylic acid groups (broad SMARTS) is 3. The smallest absolute Gasteiger partial charge is 0.306 e. The number of carbonyl (C=O) groups excluding carboxylic acids is 1. The van der Waals surface area contributed by atoms with Crippen molar-refractivity contribution in [1.29, 1.82) is 0 Å². The van der Waals surface area contributed by atoms with Crippen LogP contribution in [0.3, 0.4) is 0 Å². The van der Waals surface area contributed by atoms with Crippen molar-refractivity contribution >= 4 is 17.9 Å². The van der Waals surface area contributed by atoms with Gasteiger partial charge in [-0.1, -0.05) is 130 Å². The summed E-state index contributed by atoms with van der Waals surface area (Å²) in [5, 5.41) is 30.3. The molecule has 0 aromatic carbocycles. The maximum absolute atomic E-state index is 11.5. The van der Waals surface area contributed by atoms with E-state index < -0.39 is 35.7 Å². The molecule has 0 rings (SSSR count). The van der Waals surface area contributed by atoms with E-state index in [-0.39, 0.29) is 0 Å². The van der Waals surface area contributed by atoms with E-state index in [9.17, 15) is 29.7 Å². The lowest BCUT2D eigenvalue weighted by atomic mass is 10.0. The van der Waals surface area contributed by atoms with Crippen LogP contribution >= 0.6 is 0 Å². The van der Waals surface area contributed by atoms with Crippen molar-refractivity contribution in [1.82, 2.24) is 0 Å². The summed E-state index contributed by atoms with van der Waals surface area (Å²) in [6.07, 6.45) is 32.0. The van der Waals surface area contributed by atoms with E-state index in [1.807, 2.05) is 0 Å². The highest BCUT2D eigenvalue weighted by molar-refractivity contribution is 5.69. The molecule has 2 N–H and O–H groups in total. The molecule has 0 aliphatic rings. The first-order valence-corrected chi connectivity index (χ1v) is 19.2. The van der Waals surface area contributed by atoms with Crippen LogP contribution in [0, 0.1) is 17.8 Å². The van der Waals surface area contributed by atoms with Crippen LogP contribution in [-0.2, 0) is 14.4 Å². The summed E-state index contributed by atoms with van der Waals surface area (Å²) in [7, 11) is 0. The van der Waals surface area contributed by atoms with Gasteiger partial charge < -0.3 is 24.6 Å². The van der Waals surface area contributed by atoms with Crippen molar-refractivity contribution in [3.63, 3.8) is 0 Å². The Labute approximate surface area is 283 Å². The average molecular weight is 652 g/mol. The first kappa shape index (κ1) is 44.1. The van der Waals surface area contributed by atoms with E-state index in [4.69, 9.17) is 0 Å². The van der Waals surface area contributed by atoms with Gasteiger partial charge in [-0.05, 0) is 38.5 Å². The van der Waals surface area contributed by atoms with Crippen LogP contribution in [0.1, 0.15) is 175 Å². The average Bonchev–Trinajstić information content (AvgIpc) is 3.03. The third kappa shape index (κ3) is 25.2. The Morgan fingerprint density at radius 3 is 1.20 bits per heavy atom. The zero-order valence-electron chi connectivity index (χ0n) is 30.5. The molecule has 0 bridgehead atoms. The third-order valence-electron chi connectivity index (χ3n) is 10.00. The van der Waals surface area contributed by atoms with E-state index in [1.165, 1.54) is 103 Å². The predicted octanol–water partition coefficient (Wildman–Crippen LogP) is 9.18. The van der Waals surface area contributed by atoms with Gasteiger partial charge in [0.05, 0.1) is 38.0 Å². The van der Waals surface area contributed by atoms with Crippen molar-refractivity contribution in [2.45, 2.75) is 175 Å². The molecule has 3 atom stereocenters. The van der Waals surface area contributed by atoms with Crippen molar-refractivity contribution in [3.8, 4) is 0 Å². The number of allylic oxidation sites excluding steroid dienone is 2. The molecule has 7 nitrogen and oxygen atoms in total. The van der Waals surface area contributed by atoms with Crippen molar-refractivity contribution in [3.05, 3.63) is 12.2 Å². The van der Waals surface area contributed by atoms with Crippen molar-refractivity contribution in [2.75, 3.05) is 26.2 Å². The van der Waals surface area contributed by atoms with Gasteiger partial charge in [-0.25, -0.2) is 0 Å². The molecular formula is C39H73NO6. The van der Waals surface area contributed by atoms with Gasteiger partial charge in [0.15, 0.2) is 0 Å². The fourth-order valence-electron chi connectivity index (χ4n) is 6.19. The zero-order valence-corrected chi connectivity index (χ0v) is 30.5. The second kappa shape index (κ2) is 29.3. The van der Waals surface area contributed by atoms with Gasteiger partial charge in [-0.15, -0.1) is 0 Å². The number of quaternary nitrogens is 1. The van der Waals surface area contributed by atoms with Crippen molar-refractivity contribution in [2.24, 2.45) is 17.8 Å². The highest BCUT2D eigenvalue weighted by atomic mass is 16.4. The topological polar surface area (TPSA) is 115 Å². The van der Waals surface area contributed by atoms with Gasteiger partial charge in [-0.3, -0.25) is 9.59 Å². The molecule has 7 heteroatoms. The van der Waals surface area contributed by atoms with E-state index in [1.54, 1.807) is 20.8 Å². The number of aliphatic carboxylic acids is 3. The summed E-state index contributed by atoms with van der Waals surface area (Å²) >= 11 is 0. The fraction of sp³-hybridized carbons (Fsp3) is 0.872. The summed E-state index contributed by atoms with van der Waals surface area (Å²) in [6, 6.07) is 0. The molecule has 0 radical (unpaired) electrons. The molecule has 0 aliphatic heterocycles. The molecule has 0 heterocycles. The lowest BCUT2D eigenvalue weighted by Gasteiger charge is -2.41. The number of hydrogen-bond acceptors (Lipinski definition) is 4. The Hall–Kier alpha value is -1.89. The predicted molar refractivity (Wildman–Crippen MR) is 189 cm³/mol. The normalized spacial score (nSPS) is 15.0. The Bertz CT molecular complexity index is 738. The Morgan fingerprint density at radius 1 is 0.522 bits per heavy atom. The van der Waals surface area contributed by atoms with Crippen LogP contribution in [0.4, 0.5) is 0 Å². The van der Waals surface area contributed by atoms with Gasteiger partial charge >= 0.3 is 11.9 Å². The molecule has 0 saturated carbocycles. The summed E-state index contributed by atoms with van der Waals surface area (Å²) in [5.41, 5.74) is 0. The van der Waals surface area contributed by atoms with Crippen LogP contribution in [0.25, 0.3) is 0 Å². The van der Waals surface area contributed by atoms with E-state index in [2.05, 4.69) is 19.1 Å². The molecule has 0 saturated heterocycles. The van der Waals surface area contributed by atoms with Crippen LogP contribution in [0.15, 0.2) is 12.2 Å². The summed E-state index contributed by atoms with van der Waals surface area (Å²) < 4.78 is 0.578. The molecule has 3 unspecified atom stereocenters. The summed E-state index contributed by atoms with van der Waals surface area (Å²) in [6.45, 7) is 9.97.